The average Bonchev–Trinajstić information content (AvgIpc) is 2.74. The van der Waals surface area contributed by atoms with Crippen LogP contribution in [0.2, 0.25) is 5.02 Å². The Morgan fingerprint density at radius 2 is 1.90 bits per heavy atom. The van der Waals surface area contributed by atoms with E-state index < -0.39 is 0 Å². The number of nitrogens with zero attached hydrogens (tertiary/aromatic N) is 3. The zero-order valence-corrected chi connectivity index (χ0v) is 17.0. The molecule has 0 spiro atoms. The molecule has 152 valence electrons. The molecule has 1 fully saturated rings. The van der Waals surface area contributed by atoms with Crippen LogP contribution in [0.4, 0.5) is 17.1 Å². The molecule has 8 heteroatoms. The number of anilines is 3. The number of nitrogens with one attached hydrogen (secondary N) is 1. The van der Waals surface area contributed by atoms with E-state index in [0.29, 0.717) is 23.9 Å². The number of piperazine rings is 1. The van der Waals surface area contributed by atoms with E-state index in [4.69, 9.17) is 16.3 Å². The van der Waals surface area contributed by atoms with Gasteiger partial charge >= 0.3 is 0 Å². The smallest absolute Gasteiger partial charge is 0.243 e. The van der Waals surface area contributed by atoms with E-state index in [2.05, 4.69) is 10.2 Å². The van der Waals surface area contributed by atoms with Crippen molar-refractivity contribution in [2.24, 2.45) is 0 Å². The quantitative estimate of drug-likeness (QED) is 0.832. The Hall–Kier alpha value is -2.93. The summed E-state index contributed by atoms with van der Waals surface area (Å²) in [5.41, 5.74) is 2.66. The van der Waals surface area contributed by atoms with Crippen LogP contribution >= 0.6 is 11.6 Å². The summed E-state index contributed by atoms with van der Waals surface area (Å²) in [6.45, 7) is 3.10. The van der Waals surface area contributed by atoms with Crippen molar-refractivity contribution in [2.75, 3.05) is 61.5 Å². The molecule has 0 saturated carbocycles. The van der Waals surface area contributed by atoms with Gasteiger partial charge in [-0.25, -0.2) is 0 Å². The van der Waals surface area contributed by atoms with Crippen LogP contribution in [0.5, 0.6) is 5.75 Å². The Bertz CT molecular complexity index is 928. The van der Waals surface area contributed by atoms with Crippen LogP contribution in [0.15, 0.2) is 42.5 Å². The second-order valence-electron chi connectivity index (χ2n) is 7.11. The molecule has 0 atom stereocenters. The molecule has 7 nitrogen and oxygen atoms in total. The van der Waals surface area contributed by atoms with Crippen LogP contribution in [-0.2, 0) is 9.59 Å². The Labute approximate surface area is 174 Å². The summed E-state index contributed by atoms with van der Waals surface area (Å²) in [5.74, 6) is 0.575. The highest BCUT2D eigenvalue weighted by Gasteiger charge is 2.27. The maximum absolute atomic E-state index is 12.9. The molecule has 2 aromatic rings. The standard InChI is InChI=1S/C21H23ClN4O3/c1-29-19-12-15(6-7-16(19)22)24-8-10-25(11-9-24)21(28)14-26-13-20(27)23-17-4-2-3-5-18(17)26/h2-7,12H,8-11,13-14H2,1H3,(H,23,27). The van der Waals surface area contributed by atoms with Crippen LogP contribution in [0.3, 0.4) is 0 Å². The topological polar surface area (TPSA) is 65.1 Å². The van der Waals surface area contributed by atoms with Gasteiger partial charge in [-0.2, -0.15) is 0 Å². The van der Waals surface area contributed by atoms with Gasteiger partial charge in [0.05, 0.1) is 36.6 Å². The molecule has 2 aliphatic rings. The summed E-state index contributed by atoms with van der Waals surface area (Å²) in [4.78, 5) is 30.7. The maximum atomic E-state index is 12.9. The van der Waals surface area contributed by atoms with Crippen LogP contribution in [0.1, 0.15) is 0 Å². The van der Waals surface area contributed by atoms with Gasteiger partial charge in [-0.15, -0.1) is 0 Å². The third-order valence-electron chi connectivity index (χ3n) is 5.31. The fraction of sp³-hybridized carbons (Fsp3) is 0.333. The molecule has 1 N–H and O–H groups in total. The average molecular weight is 415 g/mol. The minimum atomic E-state index is -0.0991. The fourth-order valence-corrected chi connectivity index (χ4v) is 3.96. The molecule has 2 aromatic carbocycles. The summed E-state index contributed by atoms with van der Waals surface area (Å²) in [5, 5.41) is 3.43. The molecule has 1 saturated heterocycles. The second kappa shape index (κ2) is 8.21. The molecule has 2 heterocycles. The van der Waals surface area contributed by atoms with E-state index in [9.17, 15) is 9.59 Å². The minimum absolute atomic E-state index is 0.0304. The van der Waals surface area contributed by atoms with Crippen molar-refractivity contribution < 1.29 is 14.3 Å². The third kappa shape index (κ3) is 4.10. The zero-order chi connectivity index (χ0) is 20.4. The van der Waals surface area contributed by atoms with Crippen LogP contribution in [0.25, 0.3) is 0 Å². The van der Waals surface area contributed by atoms with E-state index in [1.807, 2.05) is 52.3 Å². The van der Waals surface area contributed by atoms with Gasteiger partial charge in [-0.05, 0) is 24.3 Å². The summed E-state index contributed by atoms with van der Waals surface area (Å²) in [6, 6.07) is 13.3. The van der Waals surface area contributed by atoms with E-state index in [-0.39, 0.29) is 24.9 Å². The van der Waals surface area contributed by atoms with Gasteiger partial charge in [-0.3, -0.25) is 9.59 Å². The first kappa shape index (κ1) is 19.4. The number of rotatable bonds is 4. The highest BCUT2D eigenvalue weighted by atomic mass is 35.5. The van der Waals surface area contributed by atoms with Crippen molar-refractivity contribution in [3.8, 4) is 5.75 Å². The molecule has 0 unspecified atom stereocenters. The van der Waals surface area contributed by atoms with E-state index in [0.717, 1.165) is 30.2 Å². The van der Waals surface area contributed by atoms with Crippen molar-refractivity contribution in [1.82, 2.24) is 4.90 Å². The molecule has 0 radical (unpaired) electrons. The first-order valence-corrected chi connectivity index (χ1v) is 9.93. The molecule has 2 aliphatic heterocycles. The third-order valence-corrected chi connectivity index (χ3v) is 5.62. The molecule has 0 aliphatic carbocycles. The number of carbonyl (C=O) groups excluding carboxylic acids is 2. The predicted molar refractivity (Wildman–Crippen MR) is 114 cm³/mol. The lowest BCUT2D eigenvalue weighted by atomic mass is 10.2. The van der Waals surface area contributed by atoms with Crippen LogP contribution < -0.4 is 19.9 Å². The summed E-state index contributed by atoms with van der Waals surface area (Å²) in [7, 11) is 1.60. The van der Waals surface area contributed by atoms with Gasteiger partial charge in [0.1, 0.15) is 5.75 Å². The van der Waals surface area contributed by atoms with Gasteiger partial charge < -0.3 is 24.8 Å². The normalized spacial score (nSPS) is 16.3. The lowest BCUT2D eigenvalue weighted by Crippen LogP contribution is -2.52. The Balaban J connectivity index is 1.38. The zero-order valence-electron chi connectivity index (χ0n) is 16.2. The Morgan fingerprint density at radius 3 is 2.66 bits per heavy atom. The highest BCUT2D eigenvalue weighted by molar-refractivity contribution is 6.32. The van der Waals surface area contributed by atoms with Gasteiger partial charge in [0.15, 0.2) is 0 Å². The van der Waals surface area contributed by atoms with Gasteiger partial charge in [0.2, 0.25) is 11.8 Å². The number of hydrogen-bond acceptors (Lipinski definition) is 5. The number of carbonyl (C=O) groups is 2. The van der Waals surface area contributed by atoms with Gasteiger partial charge in [-0.1, -0.05) is 23.7 Å². The number of halogens is 1. The second-order valence-corrected chi connectivity index (χ2v) is 7.52. The predicted octanol–water partition coefficient (Wildman–Crippen LogP) is 2.46. The lowest BCUT2D eigenvalue weighted by Gasteiger charge is -2.38. The summed E-state index contributed by atoms with van der Waals surface area (Å²) in [6.07, 6.45) is 0. The fourth-order valence-electron chi connectivity index (χ4n) is 3.77. The number of hydrogen-bond donors (Lipinski definition) is 1. The number of fused-ring (bicyclic) bond motifs is 1. The number of para-hydroxylation sites is 2. The largest absolute Gasteiger partial charge is 0.495 e. The minimum Gasteiger partial charge on any atom is -0.495 e. The molecule has 4 rings (SSSR count). The lowest BCUT2D eigenvalue weighted by molar-refractivity contribution is -0.130. The Kier molecular flexibility index (Phi) is 5.49. The number of amides is 2. The Morgan fingerprint density at radius 1 is 1.14 bits per heavy atom. The molecule has 2 amide bonds. The number of methoxy groups -OCH3 is 1. The molecule has 0 bridgehead atoms. The highest BCUT2D eigenvalue weighted by Crippen LogP contribution is 2.30. The first-order valence-electron chi connectivity index (χ1n) is 9.55. The maximum Gasteiger partial charge on any atom is 0.243 e. The van der Waals surface area contributed by atoms with Crippen LogP contribution in [-0.4, -0.2) is 63.1 Å². The van der Waals surface area contributed by atoms with Crippen molar-refractivity contribution in [1.29, 1.82) is 0 Å². The summed E-state index contributed by atoms with van der Waals surface area (Å²) >= 11 is 6.11. The van der Waals surface area contributed by atoms with Gasteiger partial charge in [0, 0.05) is 37.9 Å². The number of benzene rings is 2. The van der Waals surface area contributed by atoms with Crippen molar-refractivity contribution >= 4 is 40.5 Å². The first-order chi connectivity index (χ1) is 14.0. The molecule has 29 heavy (non-hydrogen) atoms. The molecular formula is C21H23ClN4O3. The SMILES string of the molecule is COc1cc(N2CCN(C(=O)CN3CC(=O)Nc4ccccc43)CC2)ccc1Cl. The van der Waals surface area contributed by atoms with E-state index in [1.54, 1.807) is 7.11 Å². The number of ether oxygens (including phenoxy) is 1. The van der Waals surface area contributed by atoms with Crippen molar-refractivity contribution in [3.05, 3.63) is 47.5 Å². The summed E-state index contributed by atoms with van der Waals surface area (Å²) < 4.78 is 5.30. The monoisotopic (exact) mass is 414 g/mol. The van der Waals surface area contributed by atoms with Crippen molar-refractivity contribution in [3.63, 3.8) is 0 Å². The van der Waals surface area contributed by atoms with Gasteiger partial charge in [0.25, 0.3) is 0 Å². The van der Waals surface area contributed by atoms with E-state index >= 15 is 0 Å². The van der Waals surface area contributed by atoms with Crippen LogP contribution in [0, 0.1) is 0 Å². The van der Waals surface area contributed by atoms with Crippen molar-refractivity contribution in [2.45, 2.75) is 0 Å². The molecular weight excluding hydrogens is 392 g/mol. The van der Waals surface area contributed by atoms with E-state index in [1.165, 1.54) is 0 Å². The molecule has 0 aromatic heterocycles.